The molecule has 0 saturated carbocycles. The van der Waals surface area contributed by atoms with E-state index in [0.717, 1.165) is 18.9 Å². The van der Waals surface area contributed by atoms with Gasteiger partial charge in [0.2, 0.25) is 15.9 Å². The highest BCUT2D eigenvalue weighted by Crippen LogP contribution is 2.18. The molecule has 20 heavy (non-hydrogen) atoms. The van der Waals surface area contributed by atoms with Crippen molar-refractivity contribution >= 4 is 15.9 Å². The lowest BCUT2D eigenvalue weighted by atomic mass is 10.1. The normalized spacial score (nSPS) is 20.3. The van der Waals surface area contributed by atoms with Gasteiger partial charge in [0.25, 0.3) is 0 Å². The van der Waals surface area contributed by atoms with Crippen LogP contribution in [0.1, 0.15) is 24.8 Å². The number of aryl methyl sites for hydroxylation is 1. The van der Waals surface area contributed by atoms with Gasteiger partial charge in [0.15, 0.2) is 0 Å². The second kappa shape index (κ2) is 5.88. The summed E-state index contributed by atoms with van der Waals surface area (Å²) in [4.78, 5) is 11.6. The first-order chi connectivity index (χ1) is 9.40. The largest absolute Gasteiger partial charge is 0.355 e. The van der Waals surface area contributed by atoms with Crippen molar-refractivity contribution in [2.24, 2.45) is 0 Å². The van der Waals surface area contributed by atoms with Crippen LogP contribution in [0.3, 0.4) is 0 Å². The van der Waals surface area contributed by atoms with Crippen LogP contribution in [0.15, 0.2) is 23.1 Å². The van der Waals surface area contributed by atoms with Crippen LogP contribution in [0, 0.1) is 12.7 Å². The van der Waals surface area contributed by atoms with Crippen LogP contribution < -0.4 is 10.0 Å². The van der Waals surface area contributed by atoms with E-state index in [2.05, 4.69) is 10.0 Å². The summed E-state index contributed by atoms with van der Waals surface area (Å²) < 4.78 is 40.1. The molecule has 5 nitrogen and oxygen atoms in total. The Balaban J connectivity index is 2.26. The number of carbonyl (C=O) groups is 1. The maximum Gasteiger partial charge on any atom is 0.241 e. The molecule has 1 fully saturated rings. The van der Waals surface area contributed by atoms with Crippen molar-refractivity contribution in [1.29, 1.82) is 0 Å². The van der Waals surface area contributed by atoms with Gasteiger partial charge in [0, 0.05) is 6.54 Å². The Kier molecular flexibility index (Phi) is 4.39. The molecule has 1 aliphatic rings. The molecular formula is C13H17FN2O3S. The summed E-state index contributed by atoms with van der Waals surface area (Å²) in [6, 6.07) is 2.76. The summed E-state index contributed by atoms with van der Waals surface area (Å²) >= 11 is 0. The molecule has 0 aromatic heterocycles. The number of nitrogens with one attached hydrogen (secondary N) is 2. The molecule has 110 valence electrons. The number of rotatable bonds is 3. The fourth-order valence-corrected chi connectivity index (χ4v) is 3.65. The fourth-order valence-electron chi connectivity index (χ4n) is 2.17. The van der Waals surface area contributed by atoms with E-state index in [1.165, 1.54) is 12.1 Å². The molecule has 2 rings (SSSR count). The van der Waals surface area contributed by atoms with Crippen LogP contribution >= 0.6 is 0 Å². The van der Waals surface area contributed by atoms with Crippen LogP contribution in [0.5, 0.6) is 0 Å². The third-order valence-electron chi connectivity index (χ3n) is 3.27. The molecule has 1 saturated heterocycles. The van der Waals surface area contributed by atoms with Gasteiger partial charge in [-0.05, 0) is 43.9 Å². The fraction of sp³-hybridized carbons (Fsp3) is 0.462. The van der Waals surface area contributed by atoms with E-state index in [1.54, 1.807) is 6.92 Å². The van der Waals surface area contributed by atoms with Gasteiger partial charge in [0.1, 0.15) is 11.9 Å². The summed E-state index contributed by atoms with van der Waals surface area (Å²) in [5.74, 6) is -0.957. The van der Waals surface area contributed by atoms with Crippen molar-refractivity contribution in [2.45, 2.75) is 37.1 Å². The van der Waals surface area contributed by atoms with E-state index in [9.17, 15) is 17.6 Å². The zero-order chi connectivity index (χ0) is 14.8. The van der Waals surface area contributed by atoms with Crippen LogP contribution in [-0.4, -0.2) is 26.9 Å². The number of benzene rings is 1. The first kappa shape index (κ1) is 14.9. The van der Waals surface area contributed by atoms with Crippen molar-refractivity contribution in [1.82, 2.24) is 10.0 Å². The zero-order valence-corrected chi connectivity index (χ0v) is 12.0. The molecule has 1 atom stereocenters. The highest BCUT2D eigenvalue weighted by atomic mass is 32.2. The quantitative estimate of drug-likeness (QED) is 0.877. The van der Waals surface area contributed by atoms with Crippen molar-refractivity contribution in [3.63, 3.8) is 0 Å². The van der Waals surface area contributed by atoms with E-state index in [-0.39, 0.29) is 10.8 Å². The molecule has 1 amide bonds. The van der Waals surface area contributed by atoms with Gasteiger partial charge in [-0.25, -0.2) is 12.8 Å². The Labute approximate surface area is 117 Å². The molecular weight excluding hydrogens is 283 g/mol. The van der Waals surface area contributed by atoms with Crippen molar-refractivity contribution in [3.8, 4) is 0 Å². The molecule has 0 bridgehead atoms. The minimum absolute atomic E-state index is 0.130. The molecule has 1 aromatic carbocycles. The van der Waals surface area contributed by atoms with E-state index in [1.807, 2.05) is 0 Å². The van der Waals surface area contributed by atoms with Crippen molar-refractivity contribution < 1.29 is 17.6 Å². The van der Waals surface area contributed by atoms with Gasteiger partial charge in [-0.2, -0.15) is 4.72 Å². The highest BCUT2D eigenvalue weighted by molar-refractivity contribution is 7.89. The smallest absolute Gasteiger partial charge is 0.241 e. The summed E-state index contributed by atoms with van der Waals surface area (Å²) in [7, 11) is -3.91. The zero-order valence-electron chi connectivity index (χ0n) is 11.1. The third-order valence-corrected chi connectivity index (χ3v) is 4.89. The molecule has 1 unspecified atom stereocenters. The second-order valence-electron chi connectivity index (χ2n) is 4.87. The van der Waals surface area contributed by atoms with E-state index in [4.69, 9.17) is 0 Å². The van der Waals surface area contributed by atoms with Crippen LogP contribution in [-0.2, 0) is 14.8 Å². The SMILES string of the molecule is Cc1ccc(F)cc1S(=O)(=O)NC1CCCCNC1=O. The highest BCUT2D eigenvalue weighted by Gasteiger charge is 2.27. The molecule has 0 spiro atoms. The topological polar surface area (TPSA) is 75.3 Å². The van der Waals surface area contributed by atoms with Gasteiger partial charge >= 0.3 is 0 Å². The standard InChI is InChI=1S/C13H17FN2O3S/c1-9-5-6-10(14)8-12(9)20(18,19)16-11-4-2-3-7-15-13(11)17/h5-6,8,11,16H,2-4,7H2,1H3,(H,15,17). The number of carbonyl (C=O) groups excluding carboxylic acids is 1. The van der Waals surface area contributed by atoms with Gasteiger partial charge in [0.05, 0.1) is 4.90 Å². The Hall–Kier alpha value is -1.47. The maximum atomic E-state index is 13.2. The average molecular weight is 300 g/mol. The molecule has 2 N–H and O–H groups in total. The second-order valence-corrected chi connectivity index (χ2v) is 6.55. The number of halogens is 1. The predicted octanol–water partition coefficient (Wildman–Crippen LogP) is 1.08. The minimum Gasteiger partial charge on any atom is -0.355 e. The van der Waals surface area contributed by atoms with Crippen LogP contribution in [0.4, 0.5) is 4.39 Å². The monoisotopic (exact) mass is 300 g/mol. The maximum absolute atomic E-state index is 13.2. The lowest BCUT2D eigenvalue weighted by Gasteiger charge is -2.16. The molecule has 7 heteroatoms. The number of sulfonamides is 1. The summed E-state index contributed by atoms with van der Waals surface area (Å²) in [5.41, 5.74) is 0.438. The first-order valence-electron chi connectivity index (χ1n) is 6.46. The Bertz CT molecular complexity index is 616. The summed E-state index contributed by atoms with van der Waals surface area (Å²) in [6.45, 7) is 2.14. The summed E-state index contributed by atoms with van der Waals surface area (Å²) in [6.07, 6.45) is 2.02. The van der Waals surface area contributed by atoms with Crippen molar-refractivity contribution in [3.05, 3.63) is 29.6 Å². The third kappa shape index (κ3) is 3.34. The Morgan fingerprint density at radius 2 is 2.10 bits per heavy atom. The molecule has 1 aliphatic heterocycles. The van der Waals surface area contributed by atoms with Crippen LogP contribution in [0.25, 0.3) is 0 Å². The molecule has 1 heterocycles. The lowest BCUT2D eigenvalue weighted by molar-refractivity contribution is -0.122. The van der Waals surface area contributed by atoms with Crippen LogP contribution in [0.2, 0.25) is 0 Å². The van der Waals surface area contributed by atoms with Gasteiger partial charge in [-0.1, -0.05) is 6.07 Å². The molecule has 0 aliphatic carbocycles. The predicted molar refractivity (Wildman–Crippen MR) is 72.1 cm³/mol. The number of hydrogen-bond donors (Lipinski definition) is 2. The van der Waals surface area contributed by atoms with E-state index in [0.29, 0.717) is 18.5 Å². The van der Waals surface area contributed by atoms with Gasteiger partial charge < -0.3 is 5.32 Å². The molecule has 1 aromatic rings. The molecule has 0 radical (unpaired) electrons. The van der Waals surface area contributed by atoms with Gasteiger partial charge in [-0.3, -0.25) is 4.79 Å². The number of hydrogen-bond acceptors (Lipinski definition) is 3. The minimum atomic E-state index is -3.91. The van der Waals surface area contributed by atoms with E-state index >= 15 is 0 Å². The average Bonchev–Trinajstić information content (AvgIpc) is 2.57. The Morgan fingerprint density at radius 3 is 2.85 bits per heavy atom. The first-order valence-corrected chi connectivity index (χ1v) is 7.95. The van der Waals surface area contributed by atoms with E-state index < -0.39 is 21.9 Å². The number of amides is 1. The Morgan fingerprint density at radius 1 is 1.35 bits per heavy atom. The summed E-state index contributed by atoms with van der Waals surface area (Å²) in [5, 5.41) is 2.65. The van der Waals surface area contributed by atoms with Crippen molar-refractivity contribution in [2.75, 3.05) is 6.54 Å². The lowest BCUT2D eigenvalue weighted by Crippen LogP contribution is -2.45. The van der Waals surface area contributed by atoms with Gasteiger partial charge in [-0.15, -0.1) is 0 Å².